The fraction of sp³-hybridized carbons (Fsp3) is 0.636. The largest absolute Gasteiger partial charge is 0.444 e. The van der Waals surface area contributed by atoms with E-state index in [1.54, 1.807) is 0 Å². The summed E-state index contributed by atoms with van der Waals surface area (Å²) in [5, 5.41) is 5.66. The van der Waals surface area contributed by atoms with Crippen LogP contribution in [0.2, 0.25) is 0 Å². The molecule has 7 heteroatoms. The van der Waals surface area contributed by atoms with Crippen molar-refractivity contribution in [2.45, 2.75) is 78.7 Å². The van der Waals surface area contributed by atoms with E-state index in [0.717, 1.165) is 11.1 Å². The lowest BCUT2D eigenvalue weighted by molar-refractivity contribution is 0.0488. The minimum absolute atomic E-state index is 0.0187. The molecule has 0 aliphatic carbocycles. The number of alkyl carbamates (subject to hydrolysis) is 2. The summed E-state index contributed by atoms with van der Waals surface area (Å²) in [6, 6.07) is 7.68. The second-order valence-electron chi connectivity index (χ2n) is 9.26. The zero-order chi connectivity index (χ0) is 22.2. The summed E-state index contributed by atoms with van der Waals surface area (Å²) in [4.78, 5) is 24.0. The summed E-state index contributed by atoms with van der Waals surface area (Å²) in [6.45, 7) is 13.6. The first-order valence-corrected chi connectivity index (χ1v) is 10.0. The Kier molecular flexibility index (Phi) is 8.95. The first-order valence-electron chi connectivity index (χ1n) is 10.0. The molecule has 2 amide bonds. The van der Waals surface area contributed by atoms with Crippen LogP contribution in [0, 0.1) is 5.92 Å². The van der Waals surface area contributed by atoms with Gasteiger partial charge >= 0.3 is 12.2 Å². The minimum Gasteiger partial charge on any atom is -0.444 e. The molecule has 0 fully saturated rings. The number of nitrogens with one attached hydrogen (secondary N) is 2. The Morgan fingerprint density at radius 2 is 1.48 bits per heavy atom. The molecule has 4 N–H and O–H groups in total. The number of nitrogens with two attached hydrogens (primary N) is 1. The van der Waals surface area contributed by atoms with Crippen molar-refractivity contribution in [1.82, 2.24) is 10.6 Å². The van der Waals surface area contributed by atoms with Gasteiger partial charge in [0.15, 0.2) is 0 Å². The summed E-state index contributed by atoms with van der Waals surface area (Å²) in [5.74, 6) is 0.0187. The summed E-state index contributed by atoms with van der Waals surface area (Å²) < 4.78 is 10.6. The standard InChI is InChI=1S/C22H37N3O4/c1-15(25-20(27)29-22(5,6)7)18(13-23)12-16-10-8-9-11-17(16)14-24-19(26)28-21(2,3)4/h8-11,15,18H,12-14,23H2,1-7H3,(H,24,26)(H,25,27)/t15-,18+/m1/s1. The van der Waals surface area contributed by atoms with Crippen molar-refractivity contribution in [1.29, 1.82) is 0 Å². The van der Waals surface area contributed by atoms with Crippen molar-refractivity contribution < 1.29 is 19.1 Å². The Balaban J connectivity index is 2.75. The normalized spacial score (nSPS) is 13.9. The van der Waals surface area contributed by atoms with Gasteiger partial charge in [0.25, 0.3) is 0 Å². The van der Waals surface area contributed by atoms with E-state index in [9.17, 15) is 9.59 Å². The van der Waals surface area contributed by atoms with Gasteiger partial charge in [0, 0.05) is 12.6 Å². The Morgan fingerprint density at radius 3 is 2.00 bits per heavy atom. The van der Waals surface area contributed by atoms with Crippen molar-refractivity contribution in [2.24, 2.45) is 11.7 Å². The summed E-state index contributed by atoms with van der Waals surface area (Å²) in [7, 11) is 0. The first-order chi connectivity index (χ1) is 13.3. The van der Waals surface area contributed by atoms with E-state index in [0.29, 0.717) is 19.5 Å². The molecule has 29 heavy (non-hydrogen) atoms. The molecular formula is C22H37N3O4. The third kappa shape index (κ3) is 10.2. The van der Waals surface area contributed by atoms with Crippen LogP contribution in [0.3, 0.4) is 0 Å². The van der Waals surface area contributed by atoms with Gasteiger partial charge < -0.3 is 25.8 Å². The molecule has 2 atom stereocenters. The monoisotopic (exact) mass is 407 g/mol. The van der Waals surface area contributed by atoms with E-state index < -0.39 is 23.4 Å². The van der Waals surface area contributed by atoms with Gasteiger partial charge in [0.2, 0.25) is 0 Å². The molecule has 164 valence electrons. The molecule has 0 heterocycles. The van der Waals surface area contributed by atoms with Crippen LogP contribution in [-0.4, -0.2) is 36.0 Å². The average molecular weight is 408 g/mol. The zero-order valence-corrected chi connectivity index (χ0v) is 18.8. The third-order valence-electron chi connectivity index (χ3n) is 4.18. The van der Waals surface area contributed by atoms with Gasteiger partial charge in [-0.25, -0.2) is 9.59 Å². The van der Waals surface area contributed by atoms with Crippen LogP contribution in [0.1, 0.15) is 59.6 Å². The fourth-order valence-electron chi connectivity index (χ4n) is 2.77. The van der Waals surface area contributed by atoms with Crippen molar-refractivity contribution in [3.8, 4) is 0 Å². The molecule has 0 saturated carbocycles. The molecule has 0 aromatic heterocycles. The maximum atomic E-state index is 12.1. The van der Waals surface area contributed by atoms with E-state index in [-0.39, 0.29) is 12.0 Å². The molecule has 0 aliphatic heterocycles. The fourth-order valence-corrected chi connectivity index (χ4v) is 2.77. The highest BCUT2D eigenvalue weighted by atomic mass is 16.6. The molecule has 0 unspecified atom stereocenters. The van der Waals surface area contributed by atoms with Gasteiger partial charge in [0.05, 0.1) is 0 Å². The van der Waals surface area contributed by atoms with Crippen molar-refractivity contribution >= 4 is 12.2 Å². The SMILES string of the molecule is C[C@@H](NC(=O)OC(C)(C)C)[C@H](CN)Cc1ccccc1CNC(=O)OC(C)(C)C. The van der Waals surface area contributed by atoms with Crippen LogP contribution in [0.25, 0.3) is 0 Å². The molecule has 0 bridgehead atoms. The van der Waals surface area contributed by atoms with E-state index in [1.807, 2.05) is 72.7 Å². The van der Waals surface area contributed by atoms with E-state index in [2.05, 4.69) is 10.6 Å². The van der Waals surface area contributed by atoms with Gasteiger partial charge in [-0.15, -0.1) is 0 Å². The smallest absolute Gasteiger partial charge is 0.407 e. The van der Waals surface area contributed by atoms with E-state index in [4.69, 9.17) is 15.2 Å². The highest BCUT2D eigenvalue weighted by Crippen LogP contribution is 2.17. The Morgan fingerprint density at radius 1 is 0.966 bits per heavy atom. The van der Waals surface area contributed by atoms with Crippen molar-refractivity contribution in [3.05, 3.63) is 35.4 Å². The Hall–Kier alpha value is -2.28. The van der Waals surface area contributed by atoms with Crippen LogP contribution in [0.5, 0.6) is 0 Å². The molecule has 0 aliphatic rings. The number of ether oxygens (including phenoxy) is 2. The highest BCUT2D eigenvalue weighted by molar-refractivity contribution is 5.68. The molecule has 1 aromatic rings. The lowest BCUT2D eigenvalue weighted by atomic mass is 9.90. The molecule has 1 aromatic carbocycles. The summed E-state index contributed by atoms with van der Waals surface area (Å²) in [5.41, 5.74) is 6.94. The number of hydrogen-bond acceptors (Lipinski definition) is 5. The van der Waals surface area contributed by atoms with Crippen LogP contribution < -0.4 is 16.4 Å². The molecule has 7 nitrogen and oxygen atoms in total. The van der Waals surface area contributed by atoms with Crippen molar-refractivity contribution in [3.63, 3.8) is 0 Å². The van der Waals surface area contributed by atoms with Crippen LogP contribution in [0.15, 0.2) is 24.3 Å². The van der Waals surface area contributed by atoms with Gasteiger partial charge in [-0.1, -0.05) is 24.3 Å². The molecule has 1 rings (SSSR count). The first kappa shape index (κ1) is 24.8. The zero-order valence-electron chi connectivity index (χ0n) is 18.8. The average Bonchev–Trinajstić information content (AvgIpc) is 2.55. The number of amides is 2. The van der Waals surface area contributed by atoms with Gasteiger partial charge in [-0.05, 0) is 78.5 Å². The highest BCUT2D eigenvalue weighted by Gasteiger charge is 2.23. The predicted octanol–water partition coefficient (Wildman–Crippen LogP) is 3.74. The summed E-state index contributed by atoms with van der Waals surface area (Å²) in [6.07, 6.45) is -0.245. The minimum atomic E-state index is -0.554. The second kappa shape index (κ2) is 10.5. The van der Waals surface area contributed by atoms with Crippen LogP contribution in [0.4, 0.5) is 9.59 Å². The third-order valence-corrected chi connectivity index (χ3v) is 4.18. The quantitative estimate of drug-likeness (QED) is 0.639. The molecular weight excluding hydrogens is 370 g/mol. The number of carbonyl (C=O) groups excluding carboxylic acids is 2. The Labute approximate surface area is 174 Å². The summed E-state index contributed by atoms with van der Waals surface area (Å²) >= 11 is 0. The molecule has 0 spiro atoms. The molecule has 0 saturated heterocycles. The van der Waals surface area contributed by atoms with E-state index in [1.165, 1.54) is 0 Å². The van der Waals surface area contributed by atoms with Gasteiger partial charge in [-0.3, -0.25) is 0 Å². The Bertz CT molecular complexity index is 677. The lowest BCUT2D eigenvalue weighted by Gasteiger charge is -2.27. The van der Waals surface area contributed by atoms with Crippen LogP contribution >= 0.6 is 0 Å². The number of hydrogen-bond donors (Lipinski definition) is 3. The maximum absolute atomic E-state index is 12.1. The molecule has 0 radical (unpaired) electrons. The van der Waals surface area contributed by atoms with Gasteiger partial charge in [0.1, 0.15) is 11.2 Å². The number of rotatable bonds is 7. The maximum Gasteiger partial charge on any atom is 0.407 e. The number of carbonyl (C=O) groups is 2. The van der Waals surface area contributed by atoms with Gasteiger partial charge in [-0.2, -0.15) is 0 Å². The van der Waals surface area contributed by atoms with Crippen molar-refractivity contribution in [2.75, 3.05) is 6.54 Å². The lowest BCUT2D eigenvalue weighted by Crippen LogP contribution is -2.44. The topological polar surface area (TPSA) is 103 Å². The van der Waals surface area contributed by atoms with E-state index >= 15 is 0 Å². The van der Waals surface area contributed by atoms with Crippen LogP contribution in [-0.2, 0) is 22.4 Å². The number of benzene rings is 1. The predicted molar refractivity (Wildman–Crippen MR) is 115 cm³/mol. The second-order valence-corrected chi connectivity index (χ2v) is 9.26.